The summed E-state index contributed by atoms with van der Waals surface area (Å²) < 4.78 is 4.85. The molecule has 0 spiro atoms. The van der Waals surface area contributed by atoms with Gasteiger partial charge in [-0.15, -0.1) is 0 Å². The van der Waals surface area contributed by atoms with E-state index in [9.17, 15) is 19.8 Å². The van der Waals surface area contributed by atoms with E-state index in [2.05, 4.69) is 0 Å². The van der Waals surface area contributed by atoms with Crippen LogP contribution in [0.4, 0.5) is 0 Å². The van der Waals surface area contributed by atoms with Crippen molar-refractivity contribution in [3.05, 3.63) is 29.8 Å². The van der Waals surface area contributed by atoms with Gasteiger partial charge < -0.3 is 14.9 Å². The lowest BCUT2D eigenvalue weighted by atomic mass is 10.0. The minimum absolute atomic E-state index is 0.0810. The molecule has 1 unspecified atom stereocenters. The molecule has 0 aliphatic rings. The van der Waals surface area contributed by atoms with Gasteiger partial charge in [0.1, 0.15) is 11.8 Å². The Kier molecular flexibility index (Phi) is 6.68. The average molecular weight is 295 g/mol. The van der Waals surface area contributed by atoms with Crippen molar-refractivity contribution in [3.8, 4) is 5.75 Å². The summed E-state index contributed by atoms with van der Waals surface area (Å²) in [4.78, 5) is 24.6. The first-order chi connectivity index (χ1) is 9.99. The minimum atomic E-state index is -0.994. The van der Waals surface area contributed by atoms with Gasteiger partial charge in [0.15, 0.2) is 0 Å². The Balaban J connectivity index is 2.83. The number of aromatic hydroxyl groups is 1. The standard InChI is InChI=1S/C15H21NO5/c1-3-16(10-9-13(18)21-4-2)14(15(19)20)11-5-7-12(17)8-6-11/h5-8,14,17H,3-4,9-10H2,1-2H3,(H,19,20). The maximum atomic E-state index is 11.5. The number of likely N-dealkylation sites (N-methyl/N-ethyl adjacent to an activating group) is 1. The van der Waals surface area contributed by atoms with Crippen molar-refractivity contribution in [1.82, 2.24) is 4.90 Å². The highest BCUT2D eigenvalue weighted by Crippen LogP contribution is 2.23. The Morgan fingerprint density at radius 2 is 1.86 bits per heavy atom. The van der Waals surface area contributed by atoms with E-state index in [0.29, 0.717) is 25.3 Å². The molecule has 1 aromatic carbocycles. The normalized spacial score (nSPS) is 12.1. The molecule has 0 fully saturated rings. The Labute approximate surface area is 124 Å². The molecule has 6 heteroatoms. The van der Waals surface area contributed by atoms with Crippen LogP contribution in [0.5, 0.6) is 5.75 Å². The number of hydrogen-bond acceptors (Lipinski definition) is 5. The zero-order valence-corrected chi connectivity index (χ0v) is 12.3. The summed E-state index contributed by atoms with van der Waals surface area (Å²) in [6.07, 6.45) is 0.142. The topological polar surface area (TPSA) is 87.1 Å². The van der Waals surface area contributed by atoms with Gasteiger partial charge in [-0.2, -0.15) is 0 Å². The summed E-state index contributed by atoms with van der Waals surface area (Å²) >= 11 is 0. The van der Waals surface area contributed by atoms with Crippen molar-refractivity contribution in [1.29, 1.82) is 0 Å². The molecule has 0 radical (unpaired) electrons. The molecule has 0 aliphatic heterocycles. The highest BCUT2D eigenvalue weighted by molar-refractivity contribution is 5.76. The molecule has 0 heterocycles. The number of carbonyl (C=O) groups excluding carboxylic acids is 1. The van der Waals surface area contributed by atoms with Crippen molar-refractivity contribution >= 4 is 11.9 Å². The molecule has 0 saturated heterocycles. The van der Waals surface area contributed by atoms with E-state index in [-0.39, 0.29) is 18.1 Å². The van der Waals surface area contributed by atoms with Gasteiger partial charge in [-0.3, -0.25) is 14.5 Å². The molecular weight excluding hydrogens is 274 g/mol. The molecule has 6 nitrogen and oxygen atoms in total. The van der Waals surface area contributed by atoms with Crippen molar-refractivity contribution < 1.29 is 24.5 Å². The molecule has 0 amide bonds. The molecule has 0 aromatic heterocycles. The lowest BCUT2D eigenvalue weighted by Gasteiger charge is -2.27. The number of carboxylic acids is 1. The van der Waals surface area contributed by atoms with Crippen LogP contribution in [-0.2, 0) is 14.3 Å². The molecule has 0 saturated carbocycles. The molecule has 0 bridgehead atoms. The van der Waals surface area contributed by atoms with E-state index in [4.69, 9.17) is 4.74 Å². The van der Waals surface area contributed by atoms with E-state index < -0.39 is 12.0 Å². The number of carboxylic acid groups (broad SMARTS) is 1. The first-order valence-electron chi connectivity index (χ1n) is 6.91. The van der Waals surface area contributed by atoms with Crippen molar-refractivity contribution in [2.24, 2.45) is 0 Å². The molecule has 1 aromatic rings. The van der Waals surface area contributed by atoms with Gasteiger partial charge in [0.25, 0.3) is 0 Å². The lowest BCUT2D eigenvalue weighted by molar-refractivity contribution is -0.147. The molecule has 2 N–H and O–H groups in total. The van der Waals surface area contributed by atoms with Gasteiger partial charge in [0.05, 0.1) is 13.0 Å². The summed E-state index contributed by atoms with van der Waals surface area (Å²) in [5.74, 6) is -1.25. The fourth-order valence-corrected chi connectivity index (χ4v) is 2.10. The number of phenols is 1. The minimum Gasteiger partial charge on any atom is -0.508 e. The Hall–Kier alpha value is -2.08. The number of rotatable bonds is 8. The largest absolute Gasteiger partial charge is 0.508 e. The van der Waals surface area contributed by atoms with Gasteiger partial charge >= 0.3 is 11.9 Å². The lowest BCUT2D eigenvalue weighted by Crippen LogP contribution is -2.35. The van der Waals surface area contributed by atoms with Gasteiger partial charge in [-0.1, -0.05) is 19.1 Å². The second-order valence-corrected chi connectivity index (χ2v) is 4.52. The summed E-state index contributed by atoms with van der Waals surface area (Å²) in [6.45, 7) is 4.66. The van der Waals surface area contributed by atoms with Crippen LogP contribution >= 0.6 is 0 Å². The van der Waals surface area contributed by atoms with Crippen LogP contribution in [-0.4, -0.2) is 46.7 Å². The molecule has 21 heavy (non-hydrogen) atoms. The van der Waals surface area contributed by atoms with E-state index in [1.54, 1.807) is 24.0 Å². The van der Waals surface area contributed by atoms with Crippen molar-refractivity contribution in [2.45, 2.75) is 26.3 Å². The Bertz CT molecular complexity index is 471. The highest BCUT2D eigenvalue weighted by atomic mass is 16.5. The van der Waals surface area contributed by atoms with Crippen molar-refractivity contribution in [2.75, 3.05) is 19.7 Å². The first-order valence-corrected chi connectivity index (χ1v) is 6.91. The third-order valence-corrected chi connectivity index (χ3v) is 3.12. The second-order valence-electron chi connectivity index (χ2n) is 4.52. The smallest absolute Gasteiger partial charge is 0.325 e. The average Bonchev–Trinajstić information content (AvgIpc) is 2.44. The van der Waals surface area contributed by atoms with E-state index in [1.165, 1.54) is 12.1 Å². The van der Waals surface area contributed by atoms with Gasteiger partial charge in [0.2, 0.25) is 0 Å². The zero-order chi connectivity index (χ0) is 15.8. The Morgan fingerprint density at radius 3 is 2.33 bits per heavy atom. The molecule has 1 rings (SSSR count). The maximum Gasteiger partial charge on any atom is 0.325 e. The second kappa shape index (κ2) is 8.26. The number of ether oxygens (including phenoxy) is 1. The van der Waals surface area contributed by atoms with Crippen molar-refractivity contribution in [3.63, 3.8) is 0 Å². The Morgan fingerprint density at radius 1 is 1.24 bits per heavy atom. The first kappa shape index (κ1) is 17.0. The van der Waals surface area contributed by atoms with E-state index >= 15 is 0 Å². The number of benzene rings is 1. The highest BCUT2D eigenvalue weighted by Gasteiger charge is 2.26. The molecular formula is C15H21NO5. The summed E-state index contributed by atoms with van der Waals surface area (Å²) in [5, 5.41) is 18.7. The number of carbonyl (C=O) groups is 2. The fourth-order valence-electron chi connectivity index (χ4n) is 2.10. The fraction of sp³-hybridized carbons (Fsp3) is 0.467. The predicted molar refractivity (Wildman–Crippen MR) is 77.0 cm³/mol. The molecule has 0 aliphatic carbocycles. The third kappa shape index (κ3) is 5.07. The third-order valence-electron chi connectivity index (χ3n) is 3.12. The summed E-state index contributed by atoms with van der Waals surface area (Å²) in [5.41, 5.74) is 0.561. The quantitative estimate of drug-likeness (QED) is 0.711. The van der Waals surface area contributed by atoms with Crippen LogP contribution in [0.3, 0.4) is 0 Å². The van der Waals surface area contributed by atoms with Crippen LogP contribution in [0.15, 0.2) is 24.3 Å². The van der Waals surface area contributed by atoms with Crippen LogP contribution < -0.4 is 0 Å². The van der Waals surface area contributed by atoms with Crippen LogP contribution in [0.1, 0.15) is 31.9 Å². The number of phenolic OH excluding ortho intramolecular Hbond substituents is 1. The number of aliphatic carboxylic acids is 1. The van der Waals surface area contributed by atoms with Gasteiger partial charge in [-0.05, 0) is 31.2 Å². The van der Waals surface area contributed by atoms with Crippen LogP contribution in [0, 0.1) is 0 Å². The van der Waals surface area contributed by atoms with Gasteiger partial charge in [-0.25, -0.2) is 0 Å². The maximum absolute atomic E-state index is 11.5. The number of hydrogen-bond donors (Lipinski definition) is 2. The van der Waals surface area contributed by atoms with Crippen LogP contribution in [0.2, 0.25) is 0 Å². The van der Waals surface area contributed by atoms with E-state index in [0.717, 1.165) is 0 Å². The SMILES string of the molecule is CCOC(=O)CCN(CC)C(C(=O)O)c1ccc(O)cc1. The summed E-state index contributed by atoms with van der Waals surface area (Å²) in [6, 6.07) is 5.18. The van der Waals surface area contributed by atoms with E-state index in [1.807, 2.05) is 6.92 Å². The zero-order valence-electron chi connectivity index (χ0n) is 12.3. The van der Waals surface area contributed by atoms with Crippen LogP contribution in [0.25, 0.3) is 0 Å². The molecule has 116 valence electrons. The molecule has 1 atom stereocenters. The predicted octanol–water partition coefficient (Wildman–Crippen LogP) is 1.79. The summed E-state index contributed by atoms with van der Waals surface area (Å²) in [7, 11) is 0. The number of nitrogens with zero attached hydrogens (tertiary/aromatic N) is 1. The monoisotopic (exact) mass is 295 g/mol. The number of esters is 1. The van der Waals surface area contributed by atoms with Gasteiger partial charge in [0, 0.05) is 6.54 Å².